The van der Waals surface area contributed by atoms with Gasteiger partial charge in [0.2, 0.25) is 0 Å². The summed E-state index contributed by atoms with van der Waals surface area (Å²) < 4.78 is 47.3. The van der Waals surface area contributed by atoms with E-state index in [1.807, 2.05) is 66.7 Å². The summed E-state index contributed by atoms with van der Waals surface area (Å²) in [6.07, 6.45) is 0. The smallest absolute Gasteiger partial charge is 0.135 e. The van der Waals surface area contributed by atoms with E-state index in [9.17, 15) is 0 Å². The lowest BCUT2D eigenvalue weighted by Gasteiger charge is -2.26. The molecule has 0 unspecified atom stereocenters. The molecule has 2 nitrogen and oxygen atoms in total. The van der Waals surface area contributed by atoms with E-state index >= 15 is 0 Å². The molecule has 0 aliphatic heterocycles. The van der Waals surface area contributed by atoms with Crippen LogP contribution in [0.4, 0.5) is 17.1 Å². The van der Waals surface area contributed by atoms with Gasteiger partial charge in [0.25, 0.3) is 0 Å². The van der Waals surface area contributed by atoms with Crippen molar-refractivity contribution in [3.8, 4) is 44.5 Å². The van der Waals surface area contributed by atoms with Gasteiger partial charge in [-0.2, -0.15) is 0 Å². The Labute approximate surface area is 299 Å². The number of para-hydroxylation sites is 1. The van der Waals surface area contributed by atoms with Crippen molar-refractivity contribution in [2.24, 2.45) is 0 Å². The zero-order valence-corrected chi connectivity index (χ0v) is 27.0. The minimum atomic E-state index is -0.402. The fraction of sp³-hybridized carbons (Fsp3) is 0. The van der Waals surface area contributed by atoms with E-state index in [0.29, 0.717) is 5.56 Å². The van der Waals surface area contributed by atoms with Crippen LogP contribution >= 0.6 is 0 Å². The Kier molecular flexibility index (Phi) is 6.25. The molecule has 0 spiro atoms. The predicted octanol–water partition coefficient (Wildman–Crippen LogP) is 13.7. The van der Waals surface area contributed by atoms with Crippen molar-refractivity contribution in [1.29, 1.82) is 0 Å². The summed E-state index contributed by atoms with van der Waals surface area (Å²) >= 11 is 0. The Morgan fingerprint density at radius 1 is 0.340 bits per heavy atom. The minimum Gasteiger partial charge on any atom is -0.456 e. The van der Waals surface area contributed by atoms with Gasteiger partial charge in [0.15, 0.2) is 0 Å². The highest BCUT2D eigenvalue weighted by molar-refractivity contribution is 6.06. The monoisotopic (exact) mass is 644 g/mol. The molecular weight excluding hydrogens is 607 g/mol. The second kappa shape index (κ2) is 12.8. The Morgan fingerprint density at radius 2 is 0.760 bits per heavy atom. The van der Waals surface area contributed by atoms with Gasteiger partial charge in [-0.15, -0.1) is 0 Å². The summed E-state index contributed by atoms with van der Waals surface area (Å²) in [5.41, 5.74) is 12.0. The molecule has 0 fully saturated rings. The van der Waals surface area contributed by atoms with Gasteiger partial charge in [-0.3, -0.25) is 0 Å². The summed E-state index contributed by atoms with van der Waals surface area (Å²) in [5.74, 6) is 0. The molecule has 9 aromatic rings. The van der Waals surface area contributed by atoms with Gasteiger partial charge in [-0.05, 0) is 99.1 Å². The molecule has 0 bridgehead atoms. The van der Waals surface area contributed by atoms with E-state index in [-0.39, 0.29) is 29.7 Å². The third-order valence-electron chi connectivity index (χ3n) is 9.20. The van der Waals surface area contributed by atoms with Crippen LogP contribution in [0.2, 0.25) is 0 Å². The predicted molar refractivity (Wildman–Crippen MR) is 210 cm³/mol. The van der Waals surface area contributed by atoms with Crippen molar-refractivity contribution in [2.75, 3.05) is 4.90 Å². The van der Waals surface area contributed by atoms with Crippen LogP contribution in [-0.2, 0) is 0 Å². The van der Waals surface area contributed by atoms with Crippen molar-refractivity contribution >= 4 is 39.0 Å². The highest BCUT2D eigenvalue weighted by Crippen LogP contribution is 2.38. The second-order valence-electron chi connectivity index (χ2n) is 12.2. The minimum absolute atomic E-state index is 0.183. The van der Waals surface area contributed by atoms with E-state index in [1.165, 1.54) is 0 Å². The first kappa shape index (κ1) is 24.5. The fourth-order valence-corrected chi connectivity index (χ4v) is 6.62. The first-order chi connectivity index (χ1) is 26.8. The first-order valence-corrected chi connectivity index (χ1v) is 16.6. The Morgan fingerprint density at radius 3 is 1.34 bits per heavy atom. The third kappa shape index (κ3) is 5.63. The number of fused-ring (bicyclic) bond motifs is 3. The van der Waals surface area contributed by atoms with Gasteiger partial charge >= 0.3 is 0 Å². The van der Waals surface area contributed by atoms with Gasteiger partial charge in [0.05, 0.1) is 6.85 Å². The van der Waals surface area contributed by atoms with Gasteiger partial charge in [-0.1, -0.05) is 145 Å². The number of anilines is 3. The molecule has 0 aliphatic carbocycles. The summed E-state index contributed by atoms with van der Waals surface area (Å²) in [7, 11) is 0. The number of hydrogen-bond donors (Lipinski definition) is 0. The SMILES string of the molecule is [2H]c1c([2H])c([2H])c(-c2ccc(N(c3ccc(-c4ccccc4)cc3)c3ccc(-c4ccc(-c5ccc6oc7ccccc7c6c5)cc4)cc3)cc2)c([2H])c1[2H]. The lowest BCUT2D eigenvalue weighted by molar-refractivity contribution is 0.669. The number of furan rings is 1. The quantitative estimate of drug-likeness (QED) is 0.172. The molecule has 50 heavy (non-hydrogen) atoms. The molecule has 236 valence electrons. The number of benzene rings is 8. The van der Waals surface area contributed by atoms with Crippen molar-refractivity contribution in [2.45, 2.75) is 0 Å². The normalized spacial score (nSPS) is 12.6. The van der Waals surface area contributed by atoms with Crippen molar-refractivity contribution in [1.82, 2.24) is 0 Å². The standard InChI is InChI=1S/C48H33NO/c1-3-9-34(10-4-1)37-19-26-42(27-20-37)49(43-28-21-38(22-29-43)35-11-5-2-6-12-35)44-30-23-39(24-31-44)36-15-17-40(18-16-36)41-25-32-48-46(33-41)45-13-7-8-14-47(45)50-48/h1-33H/i1D,3D,4D,9D,10D. The number of nitrogens with zero attached hydrogens (tertiary/aromatic N) is 1. The Hall–Kier alpha value is -6.64. The lowest BCUT2D eigenvalue weighted by Crippen LogP contribution is -2.09. The van der Waals surface area contributed by atoms with E-state index in [2.05, 4.69) is 108 Å². The molecular formula is C48H33NO. The van der Waals surface area contributed by atoms with E-state index < -0.39 is 6.04 Å². The van der Waals surface area contributed by atoms with E-state index in [0.717, 1.165) is 72.4 Å². The molecule has 0 N–H and O–H groups in total. The van der Waals surface area contributed by atoms with Crippen molar-refractivity contribution < 1.29 is 11.3 Å². The molecule has 8 aromatic carbocycles. The molecule has 1 aromatic heterocycles. The summed E-state index contributed by atoms with van der Waals surface area (Å²) in [5, 5.41) is 2.22. The average Bonchev–Trinajstić information content (AvgIpc) is 3.62. The molecule has 1 heterocycles. The van der Waals surface area contributed by atoms with Crippen LogP contribution in [0.3, 0.4) is 0 Å². The van der Waals surface area contributed by atoms with Crippen LogP contribution in [0, 0.1) is 0 Å². The molecule has 2 heteroatoms. The highest BCUT2D eigenvalue weighted by Gasteiger charge is 2.14. The molecule has 0 atom stereocenters. The number of rotatable bonds is 7. The fourth-order valence-electron chi connectivity index (χ4n) is 6.62. The zero-order chi connectivity index (χ0) is 37.6. The van der Waals surface area contributed by atoms with Gasteiger partial charge in [-0.25, -0.2) is 0 Å². The Bertz CT molecular complexity index is 2800. The number of hydrogen-bond acceptors (Lipinski definition) is 2. The van der Waals surface area contributed by atoms with E-state index in [1.54, 1.807) is 0 Å². The molecule has 0 radical (unpaired) electrons. The van der Waals surface area contributed by atoms with Crippen LogP contribution in [0.5, 0.6) is 0 Å². The maximum Gasteiger partial charge on any atom is 0.135 e. The molecule has 9 rings (SSSR count). The topological polar surface area (TPSA) is 16.4 Å². The van der Waals surface area contributed by atoms with Crippen LogP contribution in [0.1, 0.15) is 6.85 Å². The van der Waals surface area contributed by atoms with E-state index in [4.69, 9.17) is 11.3 Å². The van der Waals surface area contributed by atoms with Gasteiger partial charge < -0.3 is 9.32 Å². The van der Waals surface area contributed by atoms with Gasteiger partial charge in [0, 0.05) is 27.8 Å². The average molecular weight is 645 g/mol. The maximum atomic E-state index is 8.48. The van der Waals surface area contributed by atoms with Gasteiger partial charge in [0.1, 0.15) is 11.2 Å². The summed E-state index contributed by atoms with van der Waals surface area (Å²) in [4.78, 5) is 2.16. The molecule has 0 saturated heterocycles. The van der Waals surface area contributed by atoms with Crippen molar-refractivity contribution in [3.63, 3.8) is 0 Å². The Balaban J connectivity index is 1.04. The summed E-state index contributed by atoms with van der Waals surface area (Å²) in [6.45, 7) is 0. The van der Waals surface area contributed by atoms with Crippen LogP contribution in [-0.4, -0.2) is 0 Å². The van der Waals surface area contributed by atoms with Crippen molar-refractivity contribution in [3.05, 3.63) is 200 Å². The second-order valence-corrected chi connectivity index (χ2v) is 12.2. The first-order valence-electron chi connectivity index (χ1n) is 19.1. The largest absolute Gasteiger partial charge is 0.456 e. The molecule has 0 aliphatic rings. The van der Waals surface area contributed by atoms with Crippen LogP contribution in [0.15, 0.2) is 204 Å². The zero-order valence-electron chi connectivity index (χ0n) is 32.0. The molecule has 0 amide bonds. The highest BCUT2D eigenvalue weighted by atomic mass is 16.3. The maximum absolute atomic E-state index is 8.48. The third-order valence-corrected chi connectivity index (χ3v) is 9.20. The molecule has 0 saturated carbocycles. The van der Waals surface area contributed by atoms with Crippen LogP contribution < -0.4 is 4.90 Å². The lowest BCUT2D eigenvalue weighted by atomic mass is 9.98. The summed E-state index contributed by atoms with van der Waals surface area (Å²) in [6, 6.07) is 56.2. The van der Waals surface area contributed by atoms with Crippen LogP contribution in [0.25, 0.3) is 66.4 Å².